The van der Waals surface area contributed by atoms with E-state index in [2.05, 4.69) is 4.98 Å². The number of carbonyl (C=O) groups is 1. The lowest BCUT2D eigenvalue weighted by atomic mass is 10.1. The molecule has 1 atom stereocenters. The number of fused-ring (bicyclic) bond motifs is 1. The second kappa shape index (κ2) is 8.33. The van der Waals surface area contributed by atoms with Gasteiger partial charge in [0, 0.05) is 36.7 Å². The van der Waals surface area contributed by atoms with E-state index in [1.165, 1.54) is 16.6 Å². The fourth-order valence-electron chi connectivity index (χ4n) is 3.44. The van der Waals surface area contributed by atoms with Crippen molar-refractivity contribution in [2.45, 2.75) is 43.6 Å². The van der Waals surface area contributed by atoms with Gasteiger partial charge in [0.1, 0.15) is 0 Å². The third-order valence-corrected chi connectivity index (χ3v) is 6.74. The normalized spacial score (nSPS) is 19.1. The zero-order valence-electron chi connectivity index (χ0n) is 15.3. The van der Waals surface area contributed by atoms with Crippen LogP contribution in [0.4, 0.5) is 0 Å². The highest BCUT2D eigenvalue weighted by atomic mass is 32.2. The van der Waals surface area contributed by atoms with Crippen molar-refractivity contribution in [1.82, 2.24) is 9.29 Å². The van der Waals surface area contributed by atoms with Gasteiger partial charge in [-0.05, 0) is 37.8 Å². The number of sulfonamides is 1. The molecule has 0 saturated carbocycles. The topological polar surface area (TPSA) is 96.8 Å². The second-order valence-electron chi connectivity index (χ2n) is 6.64. The molecule has 0 aliphatic carbocycles. The van der Waals surface area contributed by atoms with E-state index >= 15 is 0 Å². The number of hydrogen-bond donors (Lipinski definition) is 1. The van der Waals surface area contributed by atoms with Gasteiger partial charge < -0.3 is 9.84 Å². The van der Waals surface area contributed by atoms with Crippen LogP contribution in [0.15, 0.2) is 35.4 Å². The van der Waals surface area contributed by atoms with Crippen molar-refractivity contribution in [3.63, 3.8) is 0 Å². The molecule has 1 aliphatic heterocycles. The number of nitrogens with zero attached hydrogens (tertiary/aromatic N) is 2. The number of benzene rings is 1. The van der Waals surface area contributed by atoms with Crippen LogP contribution in [-0.4, -0.2) is 54.6 Å². The number of pyridine rings is 1. The maximum atomic E-state index is 13.3. The average Bonchev–Trinajstić information content (AvgIpc) is 2.91. The van der Waals surface area contributed by atoms with E-state index in [9.17, 15) is 18.3 Å². The summed E-state index contributed by atoms with van der Waals surface area (Å²) in [5.74, 6) is -1.18. The monoisotopic (exact) mass is 392 g/mol. The molecule has 7 nitrogen and oxygen atoms in total. The summed E-state index contributed by atoms with van der Waals surface area (Å²) in [5, 5.41) is 10.0. The summed E-state index contributed by atoms with van der Waals surface area (Å²) in [6.45, 7) is 3.56. The van der Waals surface area contributed by atoms with Crippen molar-refractivity contribution in [3.05, 3.63) is 36.2 Å². The lowest BCUT2D eigenvalue weighted by Crippen LogP contribution is -2.32. The maximum absolute atomic E-state index is 13.3. The molecule has 146 valence electrons. The van der Waals surface area contributed by atoms with Gasteiger partial charge in [-0.2, -0.15) is 4.31 Å². The van der Waals surface area contributed by atoms with E-state index in [4.69, 9.17) is 4.74 Å². The third kappa shape index (κ3) is 4.12. The summed E-state index contributed by atoms with van der Waals surface area (Å²) in [7, 11) is -3.74. The van der Waals surface area contributed by atoms with Gasteiger partial charge in [-0.1, -0.05) is 19.1 Å². The molecule has 8 heteroatoms. The van der Waals surface area contributed by atoms with Gasteiger partial charge in [0.15, 0.2) is 5.69 Å². The lowest BCUT2D eigenvalue weighted by molar-refractivity contribution is 0.0450. The second-order valence-corrected chi connectivity index (χ2v) is 8.55. The molecule has 2 aromatic rings. The van der Waals surface area contributed by atoms with Gasteiger partial charge >= 0.3 is 5.97 Å². The molecule has 1 aliphatic rings. The van der Waals surface area contributed by atoms with Gasteiger partial charge in [0.05, 0.1) is 11.0 Å². The molecule has 3 rings (SSSR count). The fourth-order valence-corrected chi connectivity index (χ4v) is 5.14. The maximum Gasteiger partial charge on any atom is 0.355 e. The Balaban J connectivity index is 1.93. The third-order valence-electron chi connectivity index (χ3n) is 4.78. The predicted molar refractivity (Wildman–Crippen MR) is 101 cm³/mol. The number of aromatic carboxylic acids is 1. The molecule has 1 aromatic carbocycles. The quantitative estimate of drug-likeness (QED) is 0.812. The van der Waals surface area contributed by atoms with Gasteiger partial charge in [0.2, 0.25) is 10.0 Å². The SMILES string of the molecule is CCCOC1CCCN(S(=O)(=O)c2cccc3c(C(=O)O)nccc23)CC1. The summed E-state index contributed by atoms with van der Waals surface area (Å²) < 4.78 is 33.8. The Morgan fingerprint density at radius 2 is 2.07 bits per heavy atom. The Hall–Kier alpha value is -2.03. The van der Waals surface area contributed by atoms with Crippen LogP contribution in [0.5, 0.6) is 0 Å². The largest absolute Gasteiger partial charge is 0.476 e. The van der Waals surface area contributed by atoms with Crippen molar-refractivity contribution in [3.8, 4) is 0 Å². The Labute approximate surface area is 159 Å². The molecule has 1 saturated heterocycles. The smallest absolute Gasteiger partial charge is 0.355 e. The van der Waals surface area contributed by atoms with Crippen LogP contribution in [0.25, 0.3) is 10.8 Å². The van der Waals surface area contributed by atoms with Crippen molar-refractivity contribution in [2.75, 3.05) is 19.7 Å². The van der Waals surface area contributed by atoms with E-state index in [0.717, 1.165) is 19.3 Å². The van der Waals surface area contributed by atoms with E-state index in [-0.39, 0.29) is 16.7 Å². The fraction of sp³-hybridized carbons (Fsp3) is 0.474. The van der Waals surface area contributed by atoms with Crippen LogP contribution in [-0.2, 0) is 14.8 Å². The zero-order chi connectivity index (χ0) is 19.4. The summed E-state index contributed by atoms with van der Waals surface area (Å²) in [4.78, 5) is 15.4. The van der Waals surface area contributed by atoms with E-state index in [1.54, 1.807) is 18.2 Å². The van der Waals surface area contributed by atoms with Crippen molar-refractivity contribution in [1.29, 1.82) is 0 Å². The van der Waals surface area contributed by atoms with Gasteiger partial charge in [-0.25, -0.2) is 18.2 Å². The van der Waals surface area contributed by atoms with Crippen molar-refractivity contribution in [2.24, 2.45) is 0 Å². The van der Waals surface area contributed by atoms with E-state index < -0.39 is 16.0 Å². The standard InChI is InChI=1S/C19H24N2O5S/c1-2-13-26-14-5-4-11-21(12-9-14)27(24,25)17-7-3-6-16-15(17)8-10-20-18(16)19(22)23/h3,6-8,10,14H,2,4-5,9,11-13H2,1H3,(H,22,23). The summed E-state index contributed by atoms with van der Waals surface area (Å²) in [6.07, 6.45) is 4.59. The summed E-state index contributed by atoms with van der Waals surface area (Å²) in [5.41, 5.74) is -0.145. The number of aromatic nitrogens is 1. The van der Waals surface area contributed by atoms with Crippen molar-refractivity contribution >= 4 is 26.8 Å². The van der Waals surface area contributed by atoms with Crippen LogP contribution >= 0.6 is 0 Å². The van der Waals surface area contributed by atoms with Crippen LogP contribution < -0.4 is 0 Å². The van der Waals surface area contributed by atoms with Gasteiger partial charge in [0.25, 0.3) is 0 Å². The molecule has 0 spiro atoms. The highest BCUT2D eigenvalue weighted by molar-refractivity contribution is 7.89. The zero-order valence-corrected chi connectivity index (χ0v) is 16.1. The highest BCUT2D eigenvalue weighted by Crippen LogP contribution is 2.29. The Morgan fingerprint density at radius 3 is 2.81 bits per heavy atom. The number of hydrogen-bond acceptors (Lipinski definition) is 5. The first kappa shape index (κ1) is 19.7. The number of carboxylic acid groups (broad SMARTS) is 1. The summed E-state index contributed by atoms with van der Waals surface area (Å²) >= 11 is 0. The lowest BCUT2D eigenvalue weighted by Gasteiger charge is -2.21. The van der Waals surface area contributed by atoms with Crippen LogP contribution in [0.1, 0.15) is 43.1 Å². The number of carboxylic acids is 1. The first-order valence-corrected chi connectivity index (χ1v) is 10.6. The first-order valence-electron chi connectivity index (χ1n) is 9.18. The molecule has 27 heavy (non-hydrogen) atoms. The molecule has 1 fully saturated rings. The van der Waals surface area contributed by atoms with Crippen LogP contribution in [0.3, 0.4) is 0 Å². The Morgan fingerprint density at radius 1 is 1.26 bits per heavy atom. The minimum atomic E-state index is -3.74. The Kier molecular flexibility index (Phi) is 6.08. The van der Waals surface area contributed by atoms with Crippen molar-refractivity contribution < 1.29 is 23.1 Å². The average molecular weight is 392 g/mol. The molecular weight excluding hydrogens is 368 g/mol. The number of ether oxygens (including phenoxy) is 1. The predicted octanol–water partition coefficient (Wildman–Crippen LogP) is 2.90. The molecular formula is C19H24N2O5S. The van der Waals surface area contributed by atoms with Crippen LogP contribution in [0, 0.1) is 0 Å². The Bertz CT molecular complexity index is 929. The number of rotatable bonds is 6. The van der Waals surface area contributed by atoms with E-state index in [0.29, 0.717) is 36.9 Å². The molecule has 0 radical (unpaired) electrons. The molecule has 2 heterocycles. The molecule has 0 bridgehead atoms. The minimum Gasteiger partial charge on any atom is -0.476 e. The first-order chi connectivity index (χ1) is 12.9. The highest BCUT2D eigenvalue weighted by Gasteiger charge is 2.29. The molecule has 1 N–H and O–H groups in total. The molecule has 1 unspecified atom stereocenters. The van der Waals surface area contributed by atoms with Crippen LogP contribution in [0.2, 0.25) is 0 Å². The van der Waals surface area contributed by atoms with Gasteiger partial charge in [-0.3, -0.25) is 0 Å². The van der Waals surface area contributed by atoms with E-state index in [1.807, 2.05) is 6.92 Å². The molecule has 1 aromatic heterocycles. The van der Waals surface area contributed by atoms with Gasteiger partial charge in [-0.15, -0.1) is 0 Å². The minimum absolute atomic E-state index is 0.0838. The summed E-state index contributed by atoms with van der Waals surface area (Å²) in [6, 6.07) is 6.23. The molecule has 0 amide bonds.